The second-order valence-corrected chi connectivity index (χ2v) is 25.6. The standard InChI is InChI=1S/C74H144O6/c1-4-7-10-13-16-19-22-25-27-29-31-33-35-36-37-39-40-42-44-46-49-52-55-58-61-64-67-73(76)79-70-71(69-78-72(75)66-63-60-57-54-51-48-24-21-18-15-12-9-6-3)80-74(77)68-65-62-59-56-53-50-47-45-43-41-38-34-32-30-28-26-23-20-17-14-11-8-5-2/h71H,4-70H2,1-3H3. The Kier molecular flexibility index (Phi) is 68.5. The average Bonchev–Trinajstić information content (AvgIpc) is 3.46. The van der Waals surface area contributed by atoms with E-state index in [1.54, 1.807) is 0 Å². The number of esters is 3. The summed E-state index contributed by atoms with van der Waals surface area (Å²) in [4.78, 5) is 38.5. The van der Waals surface area contributed by atoms with E-state index in [2.05, 4.69) is 20.8 Å². The molecule has 0 aromatic rings. The van der Waals surface area contributed by atoms with Crippen molar-refractivity contribution in [3.05, 3.63) is 0 Å². The fourth-order valence-electron chi connectivity index (χ4n) is 11.8. The Morgan fingerprint density at radius 1 is 0.200 bits per heavy atom. The van der Waals surface area contributed by atoms with Gasteiger partial charge in [0.25, 0.3) is 0 Å². The van der Waals surface area contributed by atoms with Crippen LogP contribution >= 0.6 is 0 Å². The number of carbonyl (C=O) groups excluding carboxylic acids is 3. The zero-order valence-corrected chi connectivity index (χ0v) is 54.9. The highest BCUT2D eigenvalue weighted by Crippen LogP contribution is 2.20. The van der Waals surface area contributed by atoms with Crippen LogP contribution in [0.4, 0.5) is 0 Å². The first-order valence-corrected chi connectivity index (χ1v) is 37.0. The molecule has 6 nitrogen and oxygen atoms in total. The van der Waals surface area contributed by atoms with Gasteiger partial charge in [-0.1, -0.05) is 400 Å². The molecule has 0 fully saturated rings. The van der Waals surface area contributed by atoms with Crippen molar-refractivity contribution in [2.75, 3.05) is 13.2 Å². The number of ether oxygens (including phenoxy) is 3. The normalized spacial score (nSPS) is 11.9. The maximum absolute atomic E-state index is 13.0. The van der Waals surface area contributed by atoms with Crippen molar-refractivity contribution in [1.29, 1.82) is 0 Å². The molecule has 0 aliphatic rings. The van der Waals surface area contributed by atoms with Gasteiger partial charge in [-0.2, -0.15) is 0 Å². The molecule has 0 aromatic carbocycles. The molecule has 0 rings (SSSR count). The lowest BCUT2D eigenvalue weighted by molar-refractivity contribution is -0.167. The summed E-state index contributed by atoms with van der Waals surface area (Å²) in [6.07, 6.45) is 82.9. The Morgan fingerprint density at radius 2 is 0.338 bits per heavy atom. The van der Waals surface area contributed by atoms with Gasteiger partial charge < -0.3 is 14.2 Å². The van der Waals surface area contributed by atoms with Crippen LogP contribution in [0, 0.1) is 0 Å². The molecule has 1 atom stereocenters. The van der Waals surface area contributed by atoms with Crippen LogP contribution in [-0.4, -0.2) is 37.2 Å². The van der Waals surface area contributed by atoms with E-state index >= 15 is 0 Å². The van der Waals surface area contributed by atoms with E-state index in [-0.39, 0.29) is 31.1 Å². The van der Waals surface area contributed by atoms with Crippen LogP contribution in [-0.2, 0) is 28.6 Å². The van der Waals surface area contributed by atoms with Gasteiger partial charge in [0, 0.05) is 19.3 Å². The van der Waals surface area contributed by atoms with E-state index in [1.807, 2.05) is 0 Å². The smallest absolute Gasteiger partial charge is 0.306 e. The van der Waals surface area contributed by atoms with Crippen molar-refractivity contribution in [2.45, 2.75) is 444 Å². The van der Waals surface area contributed by atoms with Crippen LogP contribution in [0.5, 0.6) is 0 Å². The lowest BCUT2D eigenvalue weighted by atomic mass is 10.0. The maximum atomic E-state index is 13.0. The van der Waals surface area contributed by atoms with Gasteiger partial charge in [0.2, 0.25) is 0 Å². The molecule has 0 aliphatic heterocycles. The summed E-state index contributed by atoms with van der Waals surface area (Å²) >= 11 is 0. The van der Waals surface area contributed by atoms with E-state index in [0.29, 0.717) is 19.3 Å². The predicted molar refractivity (Wildman–Crippen MR) is 349 cm³/mol. The number of rotatable bonds is 70. The lowest BCUT2D eigenvalue weighted by Crippen LogP contribution is -2.30. The van der Waals surface area contributed by atoms with Crippen molar-refractivity contribution in [3.63, 3.8) is 0 Å². The van der Waals surface area contributed by atoms with Gasteiger partial charge in [-0.15, -0.1) is 0 Å². The minimum absolute atomic E-state index is 0.0601. The molecule has 0 aliphatic carbocycles. The van der Waals surface area contributed by atoms with Crippen LogP contribution in [0.15, 0.2) is 0 Å². The average molecular weight is 1130 g/mol. The van der Waals surface area contributed by atoms with Crippen LogP contribution in [0.25, 0.3) is 0 Å². The second-order valence-electron chi connectivity index (χ2n) is 25.6. The van der Waals surface area contributed by atoms with Gasteiger partial charge in [-0.05, 0) is 19.3 Å². The lowest BCUT2D eigenvalue weighted by Gasteiger charge is -2.18. The van der Waals surface area contributed by atoms with E-state index in [1.165, 1.54) is 340 Å². The van der Waals surface area contributed by atoms with Crippen molar-refractivity contribution >= 4 is 17.9 Å². The third kappa shape index (κ3) is 67.2. The zero-order chi connectivity index (χ0) is 57.8. The Labute approximate surface area is 501 Å². The molecule has 0 saturated carbocycles. The fraction of sp³-hybridized carbons (Fsp3) is 0.959. The zero-order valence-electron chi connectivity index (χ0n) is 54.9. The molecule has 0 heterocycles. The van der Waals surface area contributed by atoms with E-state index < -0.39 is 6.10 Å². The number of hydrogen-bond donors (Lipinski definition) is 0. The van der Waals surface area contributed by atoms with Crippen LogP contribution < -0.4 is 0 Å². The molecule has 0 spiro atoms. The first-order valence-electron chi connectivity index (χ1n) is 37.0. The summed E-state index contributed by atoms with van der Waals surface area (Å²) in [5.74, 6) is -0.818. The fourth-order valence-corrected chi connectivity index (χ4v) is 11.8. The number of carbonyl (C=O) groups is 3. The third-order valence-corrected chi connectivity index (χ3v) is 17.4. The molecular weight excluding hydrogens is 985 g/mol. The Hall–Kier alpha value is -1.59. The van der Waals surface area contributed by atoms with Gasteiger partial charge in [-0.3, -0.25) is 14.4 Å². The molecule has 0 saturated heterocycles. The highest BCUT2D eigenvalue weighted by Gasteiger charge is 2.20. The molecule has 0 amide bonds. The highest BCUT2D eigenvalue weighted by atomic mass is 16.6. The molecule has 1 unspecified atom stereocenters. The highest BCUT2D eigenvalue weighted by molar-refractivity contribution is 5.71. The van der Waals surface area contributed by atoms with Crippen LogP contribution in [0.1, 0.15) is 438 Å². The SMILES string of the molecule is CCCCCCCCCCCCCCCCCCCCCCCCCCCCC(=O)OCC(COC(=O)CCCCCCCCCCCCCCC)OC(=O)CCCCCCCCCCCCCCCCCCCCCCCCC. The van der Waals surface area contributed by atoms with Crippen LogP contribution in [0.2, 0.25) is 0 Å². The molecule has 0 radical (unpaired) electrons. The van der Waals surface area contributed by atoms with Gasteiger partial charge in [0.05, 0.1) is 0 Å². The molecular formula is C74H144O6. The summed E-state index contributed by atoms with van der Waals surface area (Å²) < 4.78 is 17.0. The van der Waals surface area contributed by atoms with E-state index in [0.717, 1.165) is 57.8 Å². The quantitative estimate of drug-likeness (QED) is 0.0343. The first kappa shape index (κ1) is 78.4. The second kappa shape index (κ2) is 69.9. The van der Waals surface area contributed by atoms with Crippen molar-refractivity contribution in [2.24, 2.45) is 0 Å². The van der Waals surface area contributed by atoms with Crippen molar-refractivity contribution < 1.29 is 28.6 Å². The minimum atomic E-state index is -0.763. The van der Waals surface area contributed by atoms with Gasteiger partial charge in [-0.25, -0.2) is 0 Å². The molecule has 0 aromatic heterocycles. The largest absolute Gasteiger partial charge is 0.462 e. The molecule has 0 N–H and O–H groups in total. The van der Waals surface area contributed by atoms with Gasteiger partial charge in [0.15, 0.2) is 6.10 Å². The van der Waals surface area contributed by atoms with E-state index in [9.17, 15) is 14.4 Å². The Bertz CT molecular complexity index is 1200. The topological polar surface area (TPSA) is 78.9 Å². The van der Waals surface area contributed by atoms with E-state index in [4.69, 9.17) is 14.2 Å². The monoisotopic (exact) mass is 1130 g/mol. The van der Waals surface area contributed by atoms with Crippen molar-refractivity contribution in [3.8, 4) is 0 Å². The molecule has 476 valence electrons. The summed E-state index contributed by atoms with van der Waals surface area (Å²) in [6, 6.07) is 0. The Morgan fingerprint density at radius 3 is 0.500 bits per heavy atom. The summed E-state index contributed by atoms with van der Waals surface area (Å²) in [5.41, 5.74) is 0. The Balaban J connectivity index is 4.17. The van der Waals surface area contributed by atoms with Gasteiger partial charge in [0.1, 0.15) is 13.2 Å². The number of hydrogen-bond acceptors (Lipinski definition) is 6. The molecule has 80 heavy (non-hydrogen) atoms. The molecule has 6 heteroatoms. The summed E-state index contributed by atoms with van der Waals surface area (Å²) in [5, 5.41) is 0. The number of unbranched alkanes of at least 4 members (excludes halogenated alkanes) is 59. The maximum Gasteiger partial charge on any atom is 0.306 e. The minimum Gasteiger partial charge on any atom is -0.462 e. The summed E-state index contributed by atoms with van der Waals surface area (Å²) in [7, 11) is 0. The van der Waals surface area contributed by atoms with Crippen molar-refractivity contribution in [1.82, 2.24) is 0 Å². The van der Waals surface area contributed by atoms with Crippen LogP contribution in [0.3, 0.4) is 0 Å². The first-order chi connectivity index (χ1) is 39.5. The predicted octanol–water partition coefficient (Wildman–Crippen LogP) is 25.4. The summed E-state index contributed by atoms with van der Waals surface area (Å²) in [6.45, 7) is 6.75. The molecule has 0 bridgehead atoms. The van der Waals surface area contributed by atoms with Gasteiger partial charge >= 0.3 is 17.9 Å². The third-order valence-electron chi connectivity index (χ3n) is 17.4.